The third-order valence-corrected chi connectivity index (χ3v) is 6.66. The fourth-order valence-corrected chi connectivity index (χ4v) is 4.75. The largest absolute Gasteiger partial charge is 0.497 e. The Morgan fingerprint density at radius 1 is 1.15 bits per heavy atom. The van der Waals surface area contributed by atoms with Crippen LogP contribution in [0.5, 0.6) is 5.75 Å². The zero-order valence-electron chi connectivity index (χ0n) is 15.8. The highest BCUT2D eigenvalue weighted by Gasteiger charge is 2.38. The summed E-state index contributed by atoms with van der Waals surface area (Å²) in [6.07, 6.45) is 5.58. The van der Waals surface area contributed by atoms with Crippen LogP contribution in [0.15, 0.2) is 24.3 Å². The van der Waals surface area contributed by atoms with Crippen LogP contribution in [0.1, 0.15) is 43.6 Å². The molecule has 0 spiro atoms. The first kappa shape index (κ1) is 17.8. The molecule has 0 radical (unpaired) electrons. The monoisotopic (exact) mass is 357 g/mol. The number of amides is 1. The minimum absolute atomic E-state index is 0.164. The van der Waals surface area contributed by atoms with Crippen molar-refractivity contribution in [1.82, 2.24) is 9.80 Å². The molecule has 5 nitrogen and oxygen atoms in total. The lowest BCUT2D eigenvalue weighted by molar-refractivity contribution is -0.139. The molecule has 0 bridgehead atoms. The molecular formula is C21H31N3O2. The number of ether oxygens (including phenoxy) is 1. The van der Waals surface area contributed by atoms with Gasteiger partial charge in [0.25, 0.3) is 0 Å². The number of likely N-dealkylation sites (tertiary alicyclic amines) is 2. The number of hydrogen-bond donors (Lipinski definition) is 1. The Hall–Kier alpha value is -1.59. The Kier molecular flexibility index (Phi) is 5.18. The highest BCUT2D eigenvalue weighted by atomic mass is 16.5. The van der Waals surface area contributed by atoms with Crippen LogP contribution in [-0.2, 0) is 4.79 Å². The molecule has 1 amide bonds. The highest BCUT2D eigenvalue weighted by molar-refractivity contribution is 5.79. The summed E-state index contributed by atoms with van der Waals surface area (Å²) in [7, 11) is 1.71. The molecule has 2 N–H and O–H groups in total. The van der Waals surface area contributed by atoms with Gasteiger partial charge in [-0.25, -0.2) is 0 Å². The van der Waals surface area contributed by atoms with Crippen LogP contribution in [-0.4, -0.2) is 61.1 Å². The first-order valence-electron chi connectivity index (χ1n) is 10.1. The maximum atomic E-state index is 12.4. The lowest BCUT2D eigenvalue weighted by atomic mass is 9.84. The van der Waals surface area contributed by atoms with Crippen LogP contribution in [0.4, 0.5) is 0 Å². The summed E-state index contributed by atoms with van der Waals surface area (Å²) in [5, 5.41) is 0. The topological polar surface area (TPSA) is 58.8 Å². The van der Waals surface area contributed by atoms with E-state index >= 15 is 0 Å². The summed E-state index contributed by atoms with van der Waals surface area (Å²) < 4.78 is 5.37. The molecule has 1 saturated carbocycles. The van der Waals surface area contributed by atoms with E-state index in [9.17, 15) is 4.79 Å². The molecule has 2 heterocycles. The van der Waals surface area contributed by atoms with Crippen LogP contribution in [0, 0.1) is 5.92 Å². The molecule has 1 aliphatic carbocycles. The maximum Gasteiger partial charge on any atom is 0.225 e. The highest BCUT2D eigenvalue weighted by Crippen LogP contribution is 2.33. The summed E-state index contributed by atoms with van der Waals surface area (Å²) in [4.78, 5) is 17.1. The molecule has 1 aromatic carbocycles. The minimum atomic E-state index is 0.164. The predicted octanol–water partition coefficient (Wildman–Crippen LogP) is 2.21. The number of nitrogens with zero attached hydrogens (tertiary/aromatic N) is 2. The van der Waals surface area contributed by atoms with E-state index in [2.05, 4.69) is 21.9 Å². The van der Waals surface area contributed by atoms with Crippen molar-refractivity contribution < 1.29 is 9.53 Å². The third kappa shape index (κ3) is 3.47. The first-order chi connectivity index (χ1) is 12.7. The van der Waals surface area contributed by atoms with Gasteiger partial charge in [-0.05, 0) is 43.4 Å². The average molecular weight is 357 g/mol. The molecule has 1 aromatic rings. The second kappa shape index (κ2) is 7.57. The smallest absolute Gasteiger partial charge is 0.225 e. The molecule has 0 unspecified atom stereocenters. The zero-order chi connectivity index (χ0) is 18.1. The van der Waals surface area contributed by atoms with E-state index in [0.29, 0.717) is 23.8 Å². The van der Waals surface area contributed by atoms with E-state index in [1.165, 1.54) is 12.0 Å². The van der Waals surface area contributed by atoms with Crippen LogP contribution < -0.4 is 10.5 Å². The van der Waals surface area contributed by atoms with Crippen molar-refractivity contribution in [3.05, 3.63) is 29.8 Å². The van der Waals surface area contributed by atoms with E-state index in [1.807, 2.05) is 12.1 Å². The third-order valence-electron chi connectivity index (χ3n) is 6.66. The van der Waals surface area contributed by atoms with Crippen molar-refractivity contribution in [2.45, 2.75) is 50.1 Å². The molecule has 2 atom stereocenters. The summed E-state index contributed by atoms with van der Waals surface area (Å²) in [5.41, 5.74) is 7.77. The summed E-state index contributed by atoms with van der Waals surface area (Å²) in [5.74, 6) is 1.99. The molecule has 0 aromatic heterocycles. The van der Waals surface area contributed by atoms with Crippen molar-refractivity contribution in [1.29, 1.82) is 0 Å². The van der Waals surface area contributed by atoms with Crippen LogP contribution >= 0.6 is 0 Å². The number of methoxy groups -OCH3 is 1. The Bertz CT molecular complexity index is 638. The molecular weight excluding hydrogens is 326 g/mol. The van der Waals surface area contributed by atoms with Gasteiger partial charge in [-0.2, -0.15) is 0 Å². The molecule has 2 aliphatic heterocycles. The van der Waals surface area contributed by atoms with Gasteiger partial charge in [-0.1, -0.05) is 18.6 Å². The fraction of sp³-hybridized carbons (Fsp3) is 0.667. The van der Waals surface area contributed by atoms with Crippen LogP contribution in [0.3, 0.4) is 0 Å². The standard InChI is InChI=1S/C21H31N3O2/c1-26-18-7-3-6-16(12-18)19-13-24(14-20(19)22)17-8-10-23(11-9-17)21(25)15-4-2-5-15/h3,6-7,12,15,17,19-20H,2,4-5,8-11,13-14,22H2,1H3/t19-,20+/m1/s1. The van der Waals surface area contributed by atoms with Gasteiger partial charge in [-0.15, -0.1) is 0 Å². The van der Waals surface area contributed by atoms with Crippen molar-refractivity contribution >= 4 is 5.91 Å². The van der Waals surface area contributed by atoms with E-state index < -0.39 is 0 Å². The number of carbonyl (C=O) groups is 1. The second-order valence-corrected chi connectivity index (χ2v) is 8.19. The Morgan fingerprint density at radius 2 is 1.92 bits per heavy atom. The van der Waals surface area contributed by atoms with Crippen molar-refractivity contribution in [3.63, 3.8) is 0 Å². The number of hydrogen-bond acceptors (Lipinski definition) is 4. The molecule has 2 saturated heterocycles. The van der Waals surface area contributed by atoms with Gasteiger partial charge in [0.15, 0.2) is 0 Å². The fourth-order valence-electron chi connectivity index (χ4n) is 4.75. The SMILES string of the molecule is COc1cccc([C@H]2CN(C3CCN(C(=O)C4CCC4)CC3)C[C@@H]2N)c1. The molecule has 5 heteroatoms. The lowest BCUT2D eigenvalue weighted by Crippen LogP contribution is -2.48. The quantitative estimate of drug-likeness (QED) is 0.898. The van der Waals surface area contributed by atoms with Gasteiger partial charge < -0.3 is 15.4 Å². The molecule has 26 heavy (non-hydrogen) atoms. The summed E-state index contributed by atoms with van der Waals surface area (Å²) in [6, 6.07) is 9.04. The lowest BCUT2D eigenvalue weighted by Gasteiger charge is -2.39. The van der Waals surface area contributed by atoms with Gasteiger partial charge in [0.1, 0.15) is 5.75 Å². The zero-order valence-corrected chi connectivity index (χ0v) is 15.8. The number of rotatable bonds is 4. The number of nitrogens with two attached hydrogens (primary N) is 1. The van der Waals surface area contributed by atoms with Gasteiger partial charge in [0.05, 0.1) is 7.11 Å². The predicted molar refractivity (Wildman–Crippen MR) is 102 cm³/mol. The van der Waals surface area contributed by atoms with Gasteiger partial charge in [0.2, 0.25) is 5.91 Å². The van der Waals surface area contributed by atoms with Gasteiger partial charge >= 0.3 is 0 Å². The Morgan fingerprint density at radius 3 is 2.58 bits per heavy atom. The van der Waals surface area contributed by atoms with E-state index in [1.54, 1.807) is 7.11 Å². The Labute approximate surface area is 156 Å². The van der Waals surface area contributed by atoms with Crippen LogP contribution in [0.2, 0.25) is 0 Å². The Balaban J connectivity index is 1.34. The van der Waals surface area contributed by atoms with Gasteiger partial charge in [-0.3, -0.25) is 9.69 Å². The first-order valence-corrected chi connectivity index (χ1v) is 10.1. The second-order valence-electron chi connectivity index (χ2n) is 8.19. The summed E-state index contributed by atoms with van der Waals surface area (Å²) >= 11 is 0. The van der Waals surface area contributed by atoms with Crippen molar-refractivity contribution in [3.8, 4) is 5.75 Å². The van der Waals surface area contributed by atoms with E-state index in [0.717, 1.165) is 57.6 Å². The number of piperidine rings is 1. The molecule has 142 valence electrons. The maximum absolute atomic E-state index is 12.4. The molecule has 3 fully saturated rings. The van der Waals surface area contributed by atoms with Crippen LogP contribution in [0.25, 0.3) is 0 Å². The van der Waals surface area contributed by atoms with E-state index in [-0.39, 0.29) is 6.04 Å². The number of carbonyl (C=O) groups excluding carboxylic acids is 1. The minimum Gasteiger partial charge on any atom is -0.497 e. The molecule has 4 rings (SSSR count). The van der Waals surface area contributed by atoms with E-state index in [4.69, 9.17) is 10.5 Å². The van der Waals surface area contributed by atoms with Crippen molar-refractivity contribution in [2.75, 3.05) is 33.3 Å². The molecule has 3 aliphatic rings. The average Bonchev–Trinajstić information content (AvgIpc) is 3.02. The normalized spacial score (nSPS) is 28.2. The summed E-state index contributed by atoms with van der Waals surface area (Å²) in [6.45, 7) is 3.78. The number of benzene rings is 1. The van der Waals surface area contributed by atoms with Gasteiger partial charge in [0, 0.05) is 50.1 Å². The van der Waals surface area contributed by atoms with Crippen molar-refractivity contribution in [2.24, 2.45) is 11.7 Å².